The minimum Gasteiger partial charge on any atom is -0.505 e. The van der Waals surface area contributed by atoms with Crippen LogP contribution in [0.25, 0.3) is 11.0 Å². The number of hydrogen-bond donors (Lipinski definition) is 5. The Morgan fingerprint density at radius 3 is 2.57 bits per heavy atom. The summed E-state index contributed by atoms with van der Waals surface area (Å²) in [5.41, 5.74) is 3.11. The smallest absolute Gasteiger partial charge is 0.404 e. The lowest BCUT2D eigenvalue weighted by Crippen LogP contribution is -2.62. The monoisotopic (exact) mass is 492 g/mol. The number of aryl methyl sites for hydroxylation is 1. The number of nitrogens with two attached hydrogens (primary N) is 1. The number of carbonyl (C=O) groups excluding carboxylic acids is 2. The van der Waals surface area contributed by atoms with Gasteiger partial charge in [0.25, 0.3) is 0 Å². The van der Waals surface area contributed by atoms with E-state index < -0.39 is 54.1 Å². The summed E-state index contributed by atoms with van der Waals surface area (Å²) in [7, 11) is 0. The van der Waals surface area contributed by atoms with Crippen molar-refractivity contribution in [3.63, 3.8) is 0 Å². The zero-order valence-corrected chi connectivity index (χ0v) is 19.4. The highest BCUT2D eigenvalue weighted by Crippen LogP contribution is 2.40. The topological polar surface area (TPSA) is 191 Å². The van der Waals surface area contributed by atoms with Crippen LogP contribution in [0.4, 0.5) is 10.5 Å². The van der Waals surface area contributed by atoms with Crippen molar-refractivity contribution in [1.29, 1.82) is 0 Å². The number of amides is 2. The second-order valence-corrected chi connectivity index (χ2v) is 9.33. The number of carbonyl (C=O) groups is 2. The molecule has 2 aliphatic rings. The van der Waals surface area contributed by atoms with Gasteiger partial charge in [0.05, 0.1) is 23.5 Å². The summed E-state index contributed by atoms with van der Waals surface area (Å²) in [6, 6.07) is 2.89. The molecule has 1 aliphatic heterocycles. The van der Waals surface area contributed by atoms with Crippen LogP contribution in [-0.2, 0) is 14.3 Å². The van der Waals surface area contributed by atoms with Gasteiger partial charge in [-0.15, -0.1) is 0 Å². The summed E-state index contributed by atoms with van der Waals surface area (Å²) >= 11 is 0. The first-order chi connectivity index (χ1) is 16.4. The molecule has 0 bridgehead atoms. The molecule has 6 N–H and O–H groups in total. The molecule has 0 radical (unpaired) electrons. The predicted molar refractivity (Wildman–Crippen MR) is 121 cm³/mol. The van der Waals surface area contributed by atoms with Crippen LogP contribution in [0.1, 0.15) is 32.3 Å². The van der Waals surface area contributed by atoms with Gasteiger partial charge in [-0.05, 0) is 45.7 Å². The van der Waals surface area contributed by atoms with Gasteiger partial charge in [-0.25, -0.2) is 9.59 Å². The fourth-order valence-corrected chi connectivity index (χ4v) is 4.25. The molecule has 0 unspecified atom stereocenters. The van der Waals surface area contributed by atoms with Gasteiger partial charge < -0.3 is 45.0 Å². The van der Waals surface area contributed by atoms with Gasteiger partial charge in [0.1, 0.15) is 17.4 Å². The first-order valence-electron chi connectivity index (χ1n) is 11.1. The van der Waals surface area contributed by atoms with Crippen molar-refractivity contribution in [1.82, 2.24) is 0 Å². The molecule has 0 spiro atoms. The zero-order chi connectivity index (χ0) is 25.7. The SMILES string of the molecule is Cc1c(O[C@@H]2OC(C)(C)[C@H](CO)[C@@H](OC(N)=O)[C@H]2O)ccc2c(O)c(NC(=O)C3CC3)c(=O)oc12. The highest BCUT2D eigenvalue weighted by molar-refractivity contribution is 5.99. The third kappa shape index (κ3) is 4.64. The van der Waals surface area contributed by atoms with Crippen molar-refractivity contribution in [2.24, 2.45) is 17.6 Å². The van der Waals surface area contributed by atoms with Crippen molar-refractivity contribution in [3.8, 4) is 11.5 Å². The summed E-state index contributed by atoms with van der Waals surface area (Å²) < 4.78 is 22.1. The average Bonchev–Trinajstić information content (AvgIpc) is 3.62. The molecular weight excluding hydrogens is 464 g/mol. The number of aliphatic hydroxyl groups is 2. The number of primary amides is 1. The van der Waals surface area contributed by atoms with Gasteiger partial charge in [-0.1, -0.05) is 0 Å². The Balaban J connectivity index is 1.66. The van der Waals surface area contributed by atoms with E-state index >= 15 is 0 Å². The van der Waals surface area contributed by atoms with Gasteiger partial charge in [-0.2, -0.15) is 0 Å². The molecule has 12 nitrogen and oxygen atoms in total. The molecule has 2 heterocycles. The third-order valence-corrected chi connectivity index (χ3v) is 6.46. The highest BCUT2D eigenvalue weighted by atomic mass is 16.7. The summed E-state index contributed by atoms with van der Waals surface area (Å²) in [5, 5.41) is 33.8. The standard InChI is InChI=1S/C23H28N2O10/c1-9-13(32-21-16(28)18(34-22(24)31)12(8-26)23(2,3)35-21)7-6-11-15(27)14(20(30)33-17(9)11)25-19(29)10-4-5-10/h6-7,10,12,16,18,21,26-28H,4-5,8H2,1-3H3,(H2,24,31)(H,25,29)/t12-,16-,18-,21-/m1/s1. The van der Waals surface area contributed by atoms with Crippen LogP contribution in [0.5, 0.6) is 11.5 Å². The third-order valence-electron chi connectivity index (χ3n) is 6.46. The van der Waals surface area contributed by atoms with Crippen LogP contribution >= 0.6 is 0 Å². The van der Waals surface area contributed by atoms with E-state index in [1.807, 2.05) is 0 Å². The molecule has 1 saturated heterocycles. The van der Waals surface area contributed by atoms with Gasteiger partial charge in [0, 0.05) is 11.5 Å². The number of hydrogen-bond acceptors (Lipinski definition) is 10. The lowest BCUT2D eigenvalue weighted by molar-refractivity contribution is -0.290. The van der Waals surface area contributed by atoms with Gasteiger partial charge in [-0.3, -0.25) is 4.79 Å². The Morgan fingerprint density at radius 2 is 1.97 bits per heavy atom. The Hall–Kier alpha value is -3.35. The Kier molecular flexibility index (Phi) is 6.38. The molecule has 1 aromatic carbocycles. The van der Waals surface area contributed by atoms with Crippen LogP contribution in [-0.4, -0.2) is 58.0 Å². The molecule has 4 rings (SSSR count). The number of benzene rings is 1. The Labute approximate surface area is 199 Å². The minimum atomic E-state index is -1.51. The number of aromatic hydroxyl groups is 1. The summed E-state index contributed by atoms with van der Waals surface area (Å²) in [6.45, 7) is 4.38. The van der Waals surface area contributed by atoms with Crippen LogP contribution in [0.2, 0.25) is 0 Å². The lowest BCUT2D eigenvalue weighted by atomic mass is 9.81. The van der Waals surface area contributed by atoms with E-state index in [1.54, 1.807) is 20.8 Å². The van der Waals surface area contributed by atoms with Crippen LogP contribution in [0.15, 0.2) is 21.3 Å². The van der Waals surface area contributed by atoms with Crippen molar-refractivity contribution in [3.05, 3.63) is 28.1 Å². The maximum atomic E-state index is 12.5. The Bertz CT molecular complexity index is 1220. The number of ether oxygens (including phenoxy) is 3. The first-order valence-corrected chi connectivity index (χ1v) is 11.1. The molecule has 2 fully saturated rings. The van der Waals surface area contributed by atoms with E-state index in [0.29, 0.717) is 5.56 Å². The number of fused-ring (bicyclic) bond motifs is 1. The van der Waals surface area contributed by atoms with Crippen molar-refractivity contribution in [2.75, 3.05) is 11.9 Å². The van der Waals surface area contributed by atoms with E-state index in [0.717, 1.165) is 12.8 Å². The van der Waals surface area contributed by atoms with E-state index in [2.05, 4.69) is 5.32 Å². The number of rotatable bonds is 6. The van der Waals surface area contributed by atoms with E-state index in [1.165, 1.54) is 12.1 Å². The highest BCUT2D eigenvalue weighted by Gasteiger charge is 2.52. The van der Waals surface area contributed by atoms with Crippen LogP contribution in [0, 0.1) is 18.8 Å². The maximum absolute atomic E-state index is 12.5. The largest absolute Gasteiger partial charge is 0.505 e. The Morgan fingerprint density at radius 1 is 1.29 bits per heavy atom. The van der Waals surface area contributed by atoms with Gasteiger partial charge in [0.15, 0.2) is 17.5 Å². The van der Waals surface area contributed by atoms with E-state index in [-0.39, 0.29) is 34.2 Å². The summed E-state index contributed by atoms with van der Waals surface area (Å²) in [4.78, 5) is 36.0. The van der Waals surface area contributed by atoms with Crippen molar-refractivity contribution >= 4 is 28.7 Å². The number of anilines is 1. The normalized spacial score (nSPS) is 25.7. The minimum absolute atomic E-state index is 0.0113. The van der Waals surface area contributed by atoms with E-state index in [9.17, 15) is 29.7 Å². The maximum Gasteiger partial charge on any atom is 0.404 e. The van der Waals surface area contributed by atoms with Gasteiger partial charge >= 0.3 is 11.7 Å². The molecule has 1 saturated carbocycles. The first kappa shape index (κ1) is 24.8. The number of aliphatic hydroxyl groups excluding tert-OH is 2. The molecule has 190 valence electrons. The van der Waals surface area contributed by atoms with Crippen LogP contribution < -0.4 is 21.4 Å². The summed E-state index contributed by atoms with van der Waals surface area (Å²) in [5.74, 6) is -1.61. The predicted octanol–water partition coefficient (Wildman–Crippen LogP) is 1.10. The summed E-state index contributed by atoms with van der Waals surface area (Å²) in [6.07, 6.45) is -3.75. The second-order valence-electron chi connectivity index (χ2n) is 9.33. The van der Waals surface area contributed by atoms with Crippen molar-refractivity contribution in [2.45, 2.75) is 57.7 Å². The van der Waals surface area contributed by atoms with Crippen LogP contribution in [0.3, 0.4) is 0 Å². The molecule has 35 heavy (non-hydrogen) atoms. The molecular formula is C23H28N2O10. The molecule has 4 atom stereocenters. The molecule has 1 aliphatic carbocycles. The molecule has 2 aromatic rings. The zero-order valence-electron chi connectivity index (χ0n) is 19.4. The fraction of sp³-hybridized carbons (Fsp3) is 0.522. The molecule has 1 aromatic heterocycles. The fourth-order valence-electron chi connectivity index (χ4n) is 4.25. The molecule has 12 heteroatoms. The molecule has 2 amide bonds. The van der Waals surface area contributed by atoms with E-state index in [4.69, 9.17) is 24.4 Å². The lowest BCUT2D eigenvalue weighted by Gasteiger charge is -2.47. The quantitative estimate of drug-likeness (QED) is 0.365. The average molecular weight is 492 g/mol. The van der Waals surface area contributed by atoms with Crippen molar-refractivity contribution < 1.29 is 43.5 Å². The second kappa shape index (κ2) is 9.02. The number of nitrogens with one attached hydrogen (secondary N) is 1. The van der Waals surface area contributed by atoms with Gasteiger partial charge in [0.2, 0.25) is 12.2 Å².